The van der Waals surface area contributed by atoms with Crippen molar-refractivity contribution in [2.75, 3.05) is 0 Å². The molecule has 16 heavy (non-hydrogen) atoms. The maximum absolute atomic E-state index is 6.32. The summed E-state index contributed by atoms with van der Waals surface area (Å²) in [6.07, 6.45) is 5.30. The van der Waals surface area contributed by atoms with E-state index in [0.717, 1.165) is 27.6 Å². The van der Waals surface area contributed by atoms with Crippen LogP contribution < -0.4 is 0 Å². The van der Waals surface area contributed by atoms with Gasteiger partial charge in [-0.15, -0.1) is 0 Å². The summed E-state index contributed by atoms with van der Waals surface area (Å²) in [6, 6.07) is 3.93. The van der Waals surface area contributed by atoms with Crippen molar-refractivity contribution in [2.45, 2.75) is 6.92 Å². The van der Waals surface area contributed by atoms with E-state index in [0.29, 0.717) is 5.02 Å². The molecular weight excluding hydrogens is 218 g/mol. The van der Waals surface area contributed by atoms with E-state index >= 15 is 0 Å². The van der Waals surface area contributed by atoms with Gasteiger partial charge >= 0.3 is 0 Å². The first kappa shape index (κ1) is 10.9. The zero-order chi connectivity index (χ0) is 11.7. The molecule has 0 atom stereocenters. The molecule has 0 unspecified atom stereocenters. The zero-order valence-corrected chi connectivity index (χ0v) is 9.88. The minimum absolute atomic E-state index is 0.645. The lowest BCUT2D eigenvalue weighted by molar-refractivity contribution is 1.38. The lowest BCUT2D eigenvalue weighted by Crippen LogP contribution is -1.92. The Balaban J connectivity index is 3.04. The quantitative estimate of drug-likeness (QED) is 0.740. The third kappa shape index (κ3) is 1.44. The number of pyridine rings is 1. The van der Waals surface area contributed by atoms with E-state index in [4.69, 9.17) is 11.6 Å². The Hall–Kier alpha value is -1.60. The van der Waals surface area contributed by atoms with Crippen LogP contribution in [0.4, 0.5) is 0 Å². The number of hydrogen-bond acceptors (Lipinski definition) is 1. The van der Waals surface area contributed by atoms with Gasteiger partial charge in [0, 0.05) is 17.1 Å². The molecule has 0 saturated heterocycles. The van der Waals surface area contributed by atoms with E-state index in [1.54, 1.807) is 12.3 Å². The van der Waals surface area contributed by atoms with E-state index in [1.165, 1.54) is 0 Å². The fourth-order valence-corrected chi connectivity index (χ4v) is 2.27. The molecule has 0 aliphatic heterocycles. The predicted octanol–water partition coefficient (Wildman–Crippen LogP) is 4.48. The highest BCUT2D eigenvalue weighted by Gasteiger charge is 2.12. The molecule has 0 bridgehead atoms. The van der Waals surface area contributed by atoms with Crippen LogP contribution in [0.25, 0.3) is 23.1 Å². The van der Waals surface area contributed by atoms with E-state index in [1.807, 2.05) is 25.1 Å². The molecule has 0 N–H and O–H groups in total. The number of hydrogen-bond donors (Lipinski definition) is 0. The van der Waals surface area contributed by atoms with Crippen LogP contribution in [0.5, 0.6) is 0 Å². The lowest BCUT2D eigenvalue weighted by atomic mass is 9.97. The van der Waals surface area contributed by atoms with Gasteiger partial charge in [-0.05, 0) is 24.1 Å². The van der Waals surface area contributed by atoms with Crippen LogP contribution in [0.1, 0.15) is 16.7 Å². The summed E-state index contributed by atoms with van der Waals surface area (Å²) in [5.41, 5.74) is 3.89. The van der Waals surface area contributed by atoms with Gasteiger partial charge in [-0.2, -0.15) is 0 Å². The van der Waals surface area contributed by atoms with Crippen LogP contribution in [-0.4, -0.2) is 4.98 Å². The zero-order valence-electron chi connectivity index (χ0n) is 9.13. The Morgan fingerprint density at radius 1 is 1.25 bits per heavy atom. The van der Waals surface area contributed by atoms with Gasteiger partial charge in [0.05, 0.1) is 10.5 Å². The molecule has 0 aliphatic carbocycles. The Bertz CT molecular complexity index is 532. The van der Waals surface area contributed by atoms with Gasteiger partial charge in [0.2, 0.25) is 0 Å². The maximum Gasteiger partial charge on any atom is 0.0897 e. The molecule has 2 aromatic rings. The molecular formula is C14H12ClN. The number of aromatic nitrogens is 1. The third-order valence-electron chi connectivity index (χ3n) is 2.76. The molecule has 0 radical (unpaired) electrons. The highest BCUT2D eigenvalue weighted by atomic mass is 35.5. The van der Waals surface area contributed by atoms with E-state index in [-0.39, 0.29) is 0 Å². The fourth-order valence-electron chi connectivity index (χ4n) is 1.94. The summed E-state index contributed by atoms with van der Waals surface area (Å²) in [5, 5.41) is 1.71. The van der Waals surface area contributed by atoms with Crippen molar-refractivity contribution >= 4 is 34.7 Å². The molecule has 80 valence electrons. The molecule has 2 rings (SSSR count). The lowest BCUT2D eigenvalue weighted by Gasteiger charge is -2.12. The number of halogens is 1. The number of aryl methyl sites for hydroxylation is 1. The van der Waals surface area contributed by atoms with E-state index in [9.17, 15) is 0 Å². The SMILES string of the molecule is C=Cc1c(C=C)c(Cl)c2ncccc2c1C. The molecule has 1 aromatic heterocycles. The van der Waals surface area contributed by atoms with Gasteiger partial charge < -0.3 is 0 Å². The van der Waals surface area contributed by atoms with Crippen LogP contribution in [0.2, 0.25) is 5.02 Å². The normalized spacial score (nSPS) is 10.4. The van der Waals surface area contributed by atoms with Crippen molar-refractivity contribution in [2.24, 2.45) is 0 Å². The van der Waals surface area contributed by atoms with Crippen molar-refractivity contribution in [1.82, 2.24) is 4.98 Å². The van der Waals surface area contributed by atoms with Crippen LogP contribution in [0.3, 0.4) is 0 Å². The van der Waals surface area contributed by atoms with Crippen LogP contribution in [-0.2, 0) is 0 Å². The van der Waals surface area contributed by atoms with Gasteiger partial charge in [0.1, 0.15) is 0 Å². The molecule has 1 nitrogen and oxygen atoms in total. The van der Waals surface area contributed by atoms with Crippen molar-refractivity contribution in [1.29, 1.82) is 0 Å². The molecule has 0 fully saturated rings. The van der Waals surface area contributed by atoms with Gasteiger partial charge in [-0.3, -0.25) is 4.98 Å². The summed E-state index contributed by atoms with van der Waals surface area (Å²) >= 11 is 6.32. The number of rotatable bonds is 2. The van der Waals surface area contributed by atoms with Crippen LogP contribution >= 0.6 is 11.6 Å². The molecule has 0 saturated carbocycles. The monoisotopic (exact) mass is 229 g/mol. The Kier molecular flexibility index (Phi) is 2.80. The Morgan fingerprint density at radius 2 is 1.94 bits per heavy atom. The summed E-state index contributed by atoms with van der Waals surface area (Å²) in [6.45, 7) is 9.66. The van der Waals surface area contributed by atoms with Gasteiger partial charge in [-0.1, -0.05) is 43.0 Å². The summed E-state index contributed by atoms with van der Waals surface area (Å²) < 4.78 is 0. The third-order valence-corrected chi connectivity index (χ3v) is 3.14. The van der Waals surface area contributed by atoms with E-state index in [2.05, 4.69) is 18.1 Å². The smallest absolute Gasteiger partial charge is 0.0897 e. The second-order valence-corrected chi connectivity index (χ2v) is 3.95. The molecule has 0 aliphatic rings. The maximum atomic E-state index is 6.32. The molecule has 1 aromatic carbocycles. The van der Waals surface area contributed by atoms with Crippen molar-refractivity contribution in [3.63, 3.8) is 0 Å². The molecule has 1 heterocycles. The second kappa shape index (κ2) is 4.11. The molecule has 2 heteroatoms. The first-order chi connectivity index (χ1) is 7.70. The molecule has 0 amide bonds. The van der Waals surface area contributed by atoms with Gasteiger partial charge in [0.15, 0.2) is 0 Å². The first-order valence-corrected chi connectivity index (χ1v) is 5.40. The summed E-state index contributed by atoms with van der Waals surface area (Å²) in [4.78, 5) is 4.31. The van der Waals surface area contributed by atoms with Gasteiger partial charge in [-0.25, -0.2) is 0 Å². The number of benzene rings is 1. The summed E-state index contributed by atoms with van der Waals surface area (Å²) in [5.74, 6) is 0. The Labute approximate surface area is 100 Å². The van der Waals surface area contributed by atoms with Crippen molar-refractivity contribution in [3.8, 4) is 0 Å². The highest BCUT2D eigenvalue weighted by molar-refractivity contribution is 6.37. The topological polar surface area (TPSA) is 12.9 Å². The van der Waals surface area contributed by atoms with Crippen molar-refractivity contribution < 1.29 is 0 Å². The summed E-state index contributed by atoms with van der Waals surface area (Å²) in [7, 11) is 0. The first-order valence-electron chi connectivity index (χ1n) is 5.02. The highest BCUT2D eigenvalue weighted by Crippen LogP contribution is 2.33. The van der Waals surface area contributed by atoms with Crippen LogP contribution in [0.15, 0.2) is 31.5 Å². The predicted molar refractivity (Wildman–Crippen MR) is 71.7 cm³/mol. The van der Waals surface area contributed by atoms with Crippen LogP contribution in [0, 0.1) is 6.92 Å². The minimum atomic E-state index is 0.645. The average Bonchev–Trinajstić information content (AvgIpc) is 2.33. The second-order valence-electron chi connectivity index (χ2n) is 3.57. The Morgan fingerprint density at radius 3 is 2.56 bits per heavy atom. The van der Waals surface area contributed by atoms with Gasteiger partial charge in [0.25, 0.3) is 0 Å². The number of nitrogens with zero attached hydrogens (tertiary/aromatic N) is 1. The van der Waals surface area contributed by atoms with Crippen molar-refractivity contribution in [3.05, 3.63) is 53.2 Å². The number of fused-ring (bicyclic) bond motifs is 1. The fraction of sp³-hybridized carbons (Fsp3) is 0.0714. The van der Waals surface area contributed by atoms with E-state index < -0.39 is 0 Å². The molecule has 0 spiro atoms. The minimum Gasteiger partial charge on any atom is -0.255 e. The average molecular weight is 230 g/mol. The largest absolute Gasteiger partial charge is 0.255 e. The standard InChI is InChI=1S/C14H12ClN/c1-4-10-9(3)12-7-6-8-16-14(12)13(15)11(10)5-2/h4-8H,1-2H2,3H3.